The zero-order chi connectivity index (χ0) is 44.8. The molecule has 0 saturated heterocycles. The van der Waals surface area contributed by atoms with E-state index in [0.717, 1.165) is 33.4 Å². The minimum absolute atomic E-state index is 0.200. The van der Waals surface area contributed by atoms with Crippen LogP contribution in [0.15, 0.2) is 115 Å². The number of rotatable bonds is 17. The molecule has 4 aromatic carbocycles. The van der Waals surface area contributed by atoms with Crippen molar-refractivity contribution >= 4 is 47.0 Å². The summed E-state index contributed by atoms with van der Waals surface area (Å²) in [6.45, 7) is 5.33. The third kappa shape index (κ3) is 13.9. The van der Waals surface area contributed by atoms with Gasteiger partial charge in [0.15, 0.2) is 0 Å². The number of halogens is 2. The summed E-state index contributed by atoms with van der Waals surface area (Å²) in [7, 11) is 0. The number of hydrogen-bond acceptors (Lipinski definition) is 11. The van der Waals surface area contributed by atoms with Gasteiger partial charge in [-0.3, -0.25) is 19.2 Å². The van der Waals surface area contributed by atoms with Crippen LogP contribution in [0.5, 0.6) is 0 Å². The van der Waals surface area contributed by atoms with E-state index in [9.17, 15) is 33.9 Å². The molecule has 6 aromatic rings. The summed E-state index contributed by atoms with van der Waals surface area (Å²) in [4.78, 5) is 70.3. The van der Waals surface area contributed by atoms with E-state index in [1.807, 2.05) is 96.1 Å². The van der Waals surface area contributed by atoms with Gasteiger partial charge in [-0.1, -0.05) is 110 Å². The fourth-order valence-electron chi connectivity index (χ4n) is 6.44. The van der Waals surface area contributed by atoms with Crippen molar-refractivity contribution in [2.75, 3.05) is 6.61 Å². The predicted octanol–water partition coefficient (Wildman–Crippen LogP) is 6.75. The molecule has 0 saturated carbocycles. The second-order valence-corrected chi connectivity index (χ2v) is 15.2. The van der Waals surface area contributed by atoms with Crippen molar-refractivity contribution in [2.45, 2.75) is 58.5 Å². The number of carbonyl (C=O) groups excluding carboxylic acids is 3. The molecule has 0 fully saturated rings. The molecule has 0 radical (unpaired) electrons. The number of ether oxygens (including phenoxy) is 1. The number of esters is 1. The van der Waals surface area contributed by atoms with Crippen LogP contribution in [0.1, 0.15) is 66.1 Å². The Balaban J connectivity index is 0.000000235. The van der Waals surface area contributed by atoms with Crippen LogP contribution in [0, 0.1) is 11.8 Å². The van der Waals surface area contributed by atoms with Crippen LogP contribution >= 0.6 is 23.2 Å². The van der Waals surface area contributed by atoms with E-state index in [1.54, 1.807) is 26.8 Å². The molecule has 0 spiro atoms. The topological polar surface area (TPSA) is 240 Å². The molecule has 5 N–H and O–H groups in total. The molecule has 16 nitrogen and oxygen atoms in total. The van der Waals surface area contributed by atoms with Gasteiger partial charge in [-0.25, -0.2) is 19.8 Å². The Bertz CT molecular complexity index is 2570. The summed E-state index contributed by atoms with van der Waals surface area (Å²) in [6, 6.07) is 29.7. The Morgan fingerprint density at radius 2 is 1.08 bits per heavy atom. The number of hydrogen-bond donors (Lipinski definition) is 5. The Morgan fingerprint density at radius 1 is 0.661 bits per heavy atom. The molecule has 62 heavy (non-hydrogen) atoms. The average Bonchev–Trinajstić information content (AvgIpc) is 3.89. The maximum absolute atomic E-state index is 12.5. The van der Waals surface area contributed by atoms with Gasteiger partial charge in [-0.05, 0) is 90.3 Å². The summed E-state index contributed by atoms with van der Waals surface area (Å²) < 4.78 is 14.5. The molecule has 18 heteroatoms. The van der Waals surface area contributed by atoms with E-state index in [2.05, 4.69) is 30.3 Å². The number of nitrogens with zero attached hydrogens (tertiary/aromatic N) is 2. The quantitative estimate of drug-likeness (QED) is 0.0598. The van der Waals surface area contributed by atoms with Gasteiger partial charge >= 0.3 is 47.0 Å². The van der Waals surface area contributed by atoms with Crippen molar-refractivity contribution in [3.8, 4) is 22.3 Å². The molecule has 2 aromatic heterocycles. The monoisotopic (exact) mass is 886 g/mol. The lowest BCUT2D eigenvalue weighted by Crippen LogP contribution is -2.39. The third-order valence-corrected chi connectivity index (χ3v) is 9.98. The van der Waals surface area contributed by atoms with Gasteiger partial charge in [0.1, 0.15) is 0 Å². The molecular formula is C44H44Cl2N6O10. The lowest BCUT2D eigenvalue weighted by Gasteiger charge is -2.21. The van der Waals surface area contributed by atoms with Crippen molar-refractivity contribution in [1.82, 2.24) is 31.0 Å². The van der Waals surface area contributed by atoms with Crippen molar-refractivity contribution in [1.29, 1.82) is 0 Å². The first-order valence-corrected chi connectivity index (χ1v) is 20.2. The molecule has 4 atom stereocenters. The summed E-state index contributed by atoms with van der Waals surface area (Å²) in [5.74, 6) is -6.15. The van der Waals surface area contributed by atoms with Gasteiger partial charge in [-0.15, -0.1) is 10.2 Å². The predicted molar refractivity (Wildman–Crippen MR) is 230 cm³/mol. The largest absolute Gasteiger partial charge is 0.481 e. The fourth-order valence-corrected chi connectivity index (χ4v) is 6.82. The standard InChI is InChI=1S/C23H24ClN3O5.C21H20ClN3O5/c1-3-31-22(29)14(2)11-19(25-20(28)21-26-27-23(30)32-21)12-15-7-9-16(10-8-15)17-5-4-6-18(24)13-17;1-12(20(27)28)9-17(23-18(26)19-24-25-21(29)30-19)10-13-5-7-14(8-6-13)15-3-2-4-16(22)11-15/h4-10,13-14,19H,3,11-12H2,1-2H3,(H,25,28)(H,27,30);2-8,11-12,17H,9-10H2,1H3,(H,23,26)(H,25,29)(H,27,28)/t14-,19+;12-,17+/m11/s1. The first kappa shape index (κ1) is 46.3. The van der Waals surface area contributed by atoms with Gasteiger partial charge in [0.25, 0.3) is 0 Å². The van der Waals surface area contributed by atoms with E-state index in [0.29, 0.717) is 29.3 Å². The highest BCUT2D eigenvalue weighted by molar-refractivity contribution is 6.31. The van der Waals surface area contributed by atoms with Crippen LogP contribution in [0.2, 0.25) is 10.0 Å². The first-order valence-electron chi connectivity index (χ1n) is 19.5. The number of H-pyrrole nitrogens is 2. The summed E-state index contributed by atoms with van der Waals surface area (Å²) in [5, 5.41) is 27.2. The molecule has 2 heterocycles. The highest BCUT2D eigenvalue weighted by atomic mass is 35.5. The number of aliphatic carboxylic acids is 1. The number of nitrogens with one attached hydrogen (secondary N) is 4. The Kier molecular flexibility index (Phi) is 16.6. The first-order chi connectivity index (χ1) is 29.7. The van der Waals surface area contributed by atoms with Crippen molar-refractivity contribution < 1.29 is 37.9 Å². The Hall–Kier alpha value is -6.78. The molecule has 0 unspecified atom stereocenters. The minimum Gasteiger partial charge on any atom is -0.481 e. The lowest BCUT2D eigenvalue weighted by atomic mass is 9.95. The third-order valence-electron chi connectivity index (χ3n) is 9.51. The van der Waals surface area contributed by atoms with E-state index < -0.39 is 59.1 Å². The lowest BCUT2D eigenvalue weighted by molar-refractivity contribution is -0.147. The van der Waals surface area contributed by atoms with Crippen molar-refractivity contribution in [2.24, 2.45) is 11.8 Å². The molecule has 0 aliphatic rings. The SMILES string of the molecule is CCOC(=O)[C@H](C)C[C@@H](Cc1ccc(-c2cccc(Cl)c2)cc1)NC(=O)c1n[nH]c(=O)o1.C[C@H](C[C@@H](Cc1ccc(-c2cccc(Cl)c2)cc1)NC(=O)c1n[nH]c(=O)o1)C(=O)O. The number of carbonyl (C=O) groups is 4. The molecule has 0 bridgehead atoms. The minimum atomic E-state index is -0.961. The van der Waals surface area contributed by atoms with Crippen LogP contribution in [0.4, 0.5) is 0 Å². The summed E-state index contributed by atoms with van der Waals surface area (Å²) in [6.07, 6.45) is 1.40. The van der Waals surface area contributed by atoms with Gasteiger partial charge < -0.3 is 29.3 Å². The van der Waals surface area contributed by atoms with Gasteiger partial charge in [0.2, 0.25) is 0 Å². The zero-order valence-electron chi connectivity index (χ0n) is 33.9. The van der Waals surface area contributed by atoms with E-state index >= 15 is 0 Å². The van der Waals surface area contributed by atoms with Crippen molar-refractivity contribution in [3.05, 3.63) is 151 Å². The fraction of sp³-hybridized carbons (Fsp3) is 0.273. The van der Waals surface area contributed by atoms with Crippen LogP contribution in [0.25, 0.3) is 22.3 Å². The maximum atomic E-state index is 12.5. The highest BCUT2D eigenvalue weighted by Gasteiger charge is 2.25. The number of amides is 2. The Morgan fingerprint density at radius 3 is 1.44 bits per heavy atom. The zero-order valence-corrected chi connectivity index (χ0v) is 35.4. The number of benzene rings is 4. The normalized spacial score (nSPS) is 12.8. The van der Waals surface area contributed by atoms with E-state index in [4.69, 9.17) is 32.4 Å². The molecule has 0 aliphatic heterocycles. The van der Waals surface area contributed by atoms with Crippen LogP contribution in [-0.2, 0) is 27.2 Å². The van der Waals surface area contributed by atoms with Crippen LogP contribution < -0.4 is 22.1 Å². The smallest absolute Gasteiger partial charge is 0.434 e. The number of aromatic nitrogens is 4. The van der Waals surface area contributed by atoms with Crippen molar-refractivity contribution in [3.63, 3.8) is 0 Å². The molecule has 2 amide bonds. The van der Waals surface area contributed by atoms with E-state index in [1.165, 1.54) is 0 Å². The molecule has 6 rings (SSSR count). The molecule has 324 valence electrons. The van der Waals surface area contributed by atoms with Crippen LogP contribution in [0.3, 0.4) is 0 Å². The van der Waals surface area contributed by atoms with Gasteiger partial charge in [0, 0.05) is 22.1 Å². The number of carboxylic acids is 1. The maximum Gasteiger partial charge on any atom is 0.434 e. The summed E-state index contributed by atoms with van der Waals surface area (Å²) in [5.41, 5.74) is 5.84. The number of carboxylic acid groups (broad SMARTS) is 1. The van der Waals surface area contributed by atoms with E-state index in [-0.39, 0.29) is 24.9 Å². The number of aromatic amines is 2. The van der Waals surface area contributed by atoms with Gasteiger partial charge in [0.05, 0.1) is 18.4 Å². The highest BCUT2D eigenvalue weighted by Crippen LogP contribution is 2.25. The summed E-state index contributed by atoms with van der Waals surface area (Å²) >= 11 is 12.1. The van der Waals surface area contributed by atoms with Gasteiger partial charge in [-0.2, -0.15) is 0 Å². The molecule has 0 aliphatic carbocycles. The average molecular weight is 888 g/mol. The Labute approximate surface area is 365 Å². The van der Waals surface area contributed by atoms with Crippen LogP contribution in [-0.4, -0.2) is 67.9 Å². The second kappa shape index (κ2) is 22.2. The molecular weight excluding hydrogens is 843 g/mol. The second-order valence-electron chi connectivity index (χ2n) is 14.4.